The first kappa shape index (κ1) is 9.97. The second-order valence-electron chi connectivity index (χ2n) is 2.71. The summed E-state index contributed by atoms with van der Waals surface area (Å²) < 4.78 is 27.3. The molecule has 0 bridgehead atoms. The molecule has 2 aromatic rings. The molecule has 0 spiro atoms. The van der Waals surface area contributed by atoms with Crippen LogP contribution in [0.3, 0.4) is 0 Å². The van der Waals surface area contributed by atoms with Crippen molar-refractivity contribution in [2.24, 2.45) is 0 Å². The summed E-state index contributed by atoms with van der Waals surface area (Å²) in [5.41, 5.74) is -0.0596. The quantitative estimate of drug-likeness (QED) is 0.738. The van der Waals surface area contributed by atoms with Crippen LogP contribution in [0.1, 0.15) is 5.82 Å². The number of nitrogens with zero attached hydrogens (tertiary/aromatic N) is 4. The summed E-state index contributed by atoms with van der Waals surface area (Å²) in [4.78, 5) is 0. The van der Waals surface area contributed by atoms with Crippen LogP contribution in [0.2, 0.25) is 0 Å². The van der Waals surface area contributed by atoms with Gasteiger partial charge in [-0.15, -0.1) is 16.7 Å². The normalized spacial score (nSPS) is 10.6. The van der Waals surface area contributed by atoms with E-state index in [0.29, 0.717) is 0 Å². The minimum atomic E-state index is -1.00. The van der Waals surface area contributed by atoms with Crippen LogP contribution in [0.5, 0.6) is 0 Å². The van der Waals surface area contributed by atoms with Gasteiger partial charge in [0, 0.05) is 0 Å². The van der Waals surface area contributed by atoms with Gasteiger partial charge in [-0.1, -0.05) is 6.07 Å². The third-order valence-electron chi connectivity index (χ3n) is 1.81. The van der Waals surface area contributed by atoms with E-state index in [-0.39, 0.29) is 17.4 Å². The summed E-state index contributed by atoms with van der Waals surface area (Å²) >= 11 is 5.54. The van der Waals surface area contributed by atoms with Gasteiger partial charge in [0.1, 0.15) is 5.69 Å². The summed E-state index contributed by atoms with van der Waals surface area (Å²) in [5.74, 6) is -1.69. The maximum Gasteiger partial charge on any atom is 0.184 e. The monoisotopic (exact) mass is 230 g/mol. The fourth-order valence-corrected chi connectivity index (χ4v) is 1.30. The van der Waals surface area contributed by atoms with E-state index >= 15 is 0 Å². The first-order chi connectivity index (χ1) is 7.24. The van der Waals surface area contributed by atoms with Crippen molar-refractivity contribution in [1.82, 2.24) is 20.2 Å². The topological polar surface area (TPSA) is 43.6 Å². The van der Waals surface area contributed by atoms with E-state index in [2.05, 4.69) is 15.5 Å². The Morgan fingerprint density at radius 2 is 2.13 bits per heavy atom. The molecular formula is C8H5ClF2N4. The molecule has 0 atom stereocenters. The minimum absolute atomic E-state index is 0.0168. The molecule has 0 fully saturated rings. The number of benzene rings is 1. The number of rotatable bonds is 2. The third kappa shape index (κ3) is 1.68. The molecule has 0 aliphatic heterocycles. The van der Waals surface area contributed by atoms with Crippen molar-refractivity contribution in [1.29, 1.82) is 0 Å². The van der Waals surface area contributed by atoms with Crippen molar-refractivity contribution in [3.63, 3.8) is 0 Å². The molecular weight excluding hydrogens is 226 g/mol. The number of tetrazole rings is 1. The smallest absolute Gasteiger partial charge is 0.184 e. The molecule has 0 radical (unpaired) electrons. The zero-order valence-electron chi connectivity index (χ0n) is 7.36. The molecule has 4 nitrogen and oxygen atoms in total. The van der Waals surface area contributed by atoms with Gasteiger partial charge in [0.05, 0.1) is 5.88 Å². The van der Waals surface area contributed by atoms with Gasteiger partial charge in [-0.25, -0.2) is 8.78 Å². The Balaban J connectivity index is 2.59. The molecule has 0 amide bonds. The number of hydrogen-bond acceptors (Lipinski definition) is 3. The molecule has 0 aliphatic rings. The molecule has 0 N–H and O–H groups in total. The standard InChI is InChI=1S/C8H5ClF2N4/c9-4-7-12-13-14-15(7)6-3-1-2-5(10)8(6)11/h1-3H,4H2. The van der Waals surface area contributed by atoms with Crippen molar-refractivity contribution < 1.29 is 8.78 Å². The maximum atomic E-state index is 13.3. The molecule has 2 rings (SSSR count). The van der Waals surface area contributed by atoms with Crippen LogP contribution in [0, 0.1) is 11.6 Å². The number of alkyl halides is 1. The van der Waals surface area contributed by atoms with Gasteiger partial charge >= 0.3 is 0 Å². The van der Waals surface area contributed by atoms with E-state index in [1.54, 1.807) is 0 Å². The minimum Gasteiger partial charge on any atom is -0.204 e. The summed E-state index contributed by atoms with van der Waals surface area (Å²) in [7, 11) is 0. The van der Waals surface area contributed by atoms with Crippen LogP contribution >= 0.6 is 11.6 Å². The number of aromatic nitrogens is 4. The first-order valence-corrected chi connectivity index (χ1v) is 4.55. The summed E-state index contributed by atoms with van der Waals surface area (Å²) in [6.07, 6.45) is 0. The van der Waals surface area contributed by atoms with Crippen LogP contribution < -0.4 is 0 Å². The predicted octanol–water partition coefficient (Wildman–Crippen LogP) is 1.68. The third-order valence-corrected chi connectivity index (χ3v) is 2.05. The Labute approximate surface area is 88.5 Å². The average molecular weight is 231 g/mol. The van der Waals surface area contributed by atoms with Gasteiger partial charge in [0.2, 0.25) is 0 Å². The van der Waals surface area contributed by atoms with Crippen molar-refractivity contribution in [3.05, 3.63) is 35.7 Å². The van der Waals surface area contributed by atoms with Crippen molar-refractivity contribution >= 4 is 11.6 Å². The largest absolute Gasteiger partial charge is 0.204 e. The van der Waals surface area contributed by atoms with E-state index in [0.717, 1.165) is 10.7 Å². The van der Waals surface area contributed by atoms with Crippen molar-refractivity contribution in [2.75, 3.05) is 0 Å². The molecule has 1 aromatic carbocycles. The van der Waals surface area contributed by atoms with E-state index in [1.807, 2.05) is 0 Å². The Morgan fingerprint density at radius 1 is 1.33 bits per heavy atom. The molecule has 0 saturated heterocycles. The highest BCUT2D eigenvalue weighted by molar-refractivity contribution is 6.16. The van der Waals surface area contributed by atoms with Gasteiger partial charge in [0.25, 0.3) is 0 Å². The molecule has 0 saturated carbocycles. The lowest BCUT2D eigenvalue weighted by Gasteiger charge is -2.03. The van der Waals surface area contributed by atoms with Crippen LogP contribution in [0.25, 0.3) is 5.69 Å². The van der Waals surface area contributed by atoms with Gasteiger partial charge in [-0.05, 0) is 22.6 Å². The maximum absolute atomic E-state index is 13.3. The number of hydrogen-bond donors (Lipinski definition) is 0. The predicted molar refractivity (Wildman–Crippen MR) is 48.6 cm³/mol. The second-order valence-corrected chi connectivity index (χ2v) is 2.98. The highest BCUT2D eigenvalue weighted by Gasteiger charge is 2.14. The van der Waals surface area contributed by atoms with E-state index in [4.69, 9.17) is 11.6 Å². The summed E-state index contributed by atoms with van der Waals surface area (Å²) in [5, 5.41) is 10.4. The molecule has 15 heavy (non-hydrogen) atoms. The summed E-state index contributed by atoms with van der Waals surface area (Å²) in [6.45, 7) is 0. The van der Waals surface area contributed by atoms with Crippen LogP contribution in [-0.2, 0) is 5.88 Å². The van der Waals surface area contributed by atoms with E-state index in [1.165, 1.54) is 12.1 Å². The van der Waals surface area contributed by atoms with Crippen LogP contribution in [0.15, 0.2) is 18.2 Å². The molecule has 1 aromatic heterocycles. The lowest BCUT2D eigenvalue weighted by molar-refractivity contribution is 0.499. The van der Waals surface area contributed by atoms with Crippen molar-refractivity contribution in [2.45, 2.75) is 5.88 Å². The zero-order chi connectivity index (χ0) is 10.8. The summed E-state index contributed by atoms with van der Waals surface area (Å²) in [6, 6.07) is 3.75. The molecule has 78 valence electrons. The van der Waals surface area contributed by atoms with Gasteiger partial charge < -0.3 is 0 Å². The Kier molecular flexibility index (Phi) is 2.59. The molecule has 0 unspecified atom stereocenters. The Hall–Kier alpha value is -1.56. The SMILES string of the molecule is Fc1cccc(-n2nnnc2CCl)c1F. The molecule has 1 heterocycles. The fraction of sp³-hybridized carbons (Fsp3) is 0.125. The van der Waals surface area contributed by atoms with Gasteiger partial charge in [-0.2, -0.15) is 4.68 Å². The number of halogens is 3. The van der Waals surface area contributed by atoms with Gasteiger partial charge in [0.15, 0.2) is 17.5 Å². The van der Waals surface area contributed by atoms with Crippen molar-refractivity contribution in [3.8, 4) is 5.69 Å². The van der Waals surface area contributed by atoms with Gasteiger partial charge in [-0.3, -0.25) is 0 Å². The molecule has 7 heteroatoms. The fourth-order valence-electron chi connectivity index (χ4n) is 1.13. The Bertz CT molecular complexity index is 485. The second kappa shape index (κ2) is 3.90. The lowest BCUT2D eigenvalue weighted by atomic mass is 10.3. The molecule has 0 aliphatic carbocycles. The Morgan fingerprint density at radius 3 is 2.87 bits per heavy atom. The van der Waals surface area contributed by atoms with Crippen LogP contribution in [0.4, 0.5) is 8.78 Å². The van der Waals surface area contributed by atoms with E-state index in [9.17, 15) is 8.78 Å². The highest BCUT2D eigenvalue weighted by atomic mass is 35.5. The first-order valence-electron chi connectivity index (χ1n) is 4.01. The van der Waals surface area contributed by atoms with Crippen LogP contribution in [-0.4, -0.2) is 20.2 Å². The van der Waals surface area contributed by atoms with E-state index < -0.39 is 11.6 Å². The zero-order valence-corrected chi connectivity index (χ0v) is 8.12. The average Bonchev–Trinajstić information content (AvgIpc) is 2.70. The lowest BCUT2D eigenvalue weighted by Crippen LogP contribution is -2.05. The highest BCUT2D eigenvalue weighted by Crippen LogP contribution is 2.16.